The van der Waals surface area contributed by atoms with Gasteiger partial charge < -0.3 is 14.7 Å². The van der Waals surface area contributed by atoms with Crippen LogP contribution in [-0.2, 0) is 13.0 Å². The molecule has 0 radical (unpaired) electrons. The van der Waals surface area contributed by atoms with Crippen molar-refractivity contribution in [2.45, 2.75) is 32.9 Å². The van der Waals surface area contributed by atoms with Crippen LogP contribution < -0.4 is 9.64 Å². The van der Waals surface area contributed by atoms with Gasteiger partial charge in [0.1, 0.15) is 5.75 Å². The predicted octanol–water partition coefficient (Wildman–Crippen LogP) is 3.02. The minimum atomic E-state index is 0.0538. The fourth-order valence-electron chi connectivity index (χ4n) is 2.23. The van der Waals surface area contributed by atoms with E-state index < -0.39 is 0 Å². The molecule has 2 aromatic rings. The van der Waals surface area contributed by atoms with Gasteiger partial charge >= 0.3 is 0 Å². The third-order valence-electron chi connectivity index (χ3n) is 3.70. The van der Waals surface area contributed by atoms with Crippen molar-refractivity contribution in [3.05, 3.63) is 40.4 Å². The van der Waals surface area contributed by atoms with E-state index in [0.717, 1.165) is 27.9 Å². The van der Waals surface area contributed by atoms with Crippen molar-refractivity contribution in [2.24, 2.45) is 0 Å². The minimum absolute atomic E-state index is 0.0538. The largest absolute Gasteiger partial charge is 0.496 e. The highest BCUT2D eigenvalue weighted by Gasteiger charge is 2.17. The van der Waals surface area contributed by atoms with Crippen molar-refractivity contribution in [1.29, 1.82) is 0 Å². The normalized spacial score (nSPS) is 12.2. The van der Waals surface area contributed by atoms with E-state index in [1.54, 1.807) is 18.4 Å². The highest BCUT2D eigenvalue weighted by molar-refractivity contribution is 7.15. The summed E-state index contributed by atoms with van der Waals surface area (Å²) >= 11 is 1.55. The molecule has 1 unspecified atom stereocenters. The van der Waals surface area contributed by atoms with E-state index in [9.17, 15) is 5.11 Å². The van der Waals surface area contributed by atoms with E-state index in [2.05, 4.69) is 22.9 Å². The van der Waals surface area contributed by atoms with Crippen LogP contribution >= 0.6 is 11.3 Å². The van der Waals surface area contributed by atoms with Crippen LogP contribution in [-0.4, -0.2) is 30.3 Å². The summed E-state index contributed by atoms with van der Waals surface area (Å²) in [6.45, 7) is 4.16. The molecule has 1 heterocycles. The second-order valence-corrected chi connectivity index (χ2v) is 6.20. The molecular weight excluding hydrogens is 284 g/mol. The number of ether oxygens (including phenoxy) is 1. The fourth-order valence-corrected chi connectivity index (χ4v) is 3.21. The molecule has 1 atom stereocenters. The Morgan fingerprint density at radius 2 is 2.10 bits per heavy atom. The van der Waals surface area contributed by atoms with Crippen molar-refractivity contribution in [1.82, 2.24) is 4.98 Å². The Balaban J connectivity index is 2.13. The van der Waals surface area contributed by atoms with Gasteiger partial charge in [-0.25, -0.2) is 4.98 Å². The second kappa shape index (κ2) is 6.91. The van der Waals surface area contributed by atoms with Crippen LogP contribution in [0.15, 0.2) is 24.3 Å². The van der Waals surface area contributed by atoms with Crippen LogP contribution in [0, 0.1) is 6.92 Å². The summed E-state index contributed by atoms with van der Waals surface area (Å²) in [4.78, 5) is 7.63. The van der Waals surface area contributed by atoms with Crippen LogP contribution in [0.5, 0.6) is 5.75 Å². The zero-order chi connectivity index (χ0) is 15.4. The minimum Gasteiger partial charge on any atom is -0.496 e. The smallest absolute Gasteiger partial charge is 0.185 e. The van der Waals surface area contributed by atoms with Gasteiger partial charge in [0.15, 0.2) is 5.13 Å². The van der Waals surface area contributed by atoms with Gasteiger partial charge in [0.05, 0.1) is 24.3 Å². The number of aliphatic hydroxyl groups excluding tert-OH is 1. The van der Waals surface area contributed by atoms with Crippen LogP contribution in [0.3, 0.4) is 0 Å². The number of nitrogens with zero attached hydrogens (tertiary/aromatic N) is 2. The Labute approximate surface area is 130 Å². The third kappa shape index (κ3) is 3.54. The first-order chi connectivity index (χ1) is 10.1. The fraction of sp³-hybridized carbons (Fsp3) is 0.438. The average Bonchev–Trinajstić information content (AvgIpc) is 2.88. The van der Waals surface area contributed by atoms with Gasteiger partial charge in [-0.15, -0.1) is 0 Å². The summed E-state index contributed by atoms with van der Waals surface area (Å²) < 4.78 is 5.41. The zero-order valence-electron chi connectivity index (χ0n) is 13.0. The van der Waals surface area contributed by atoms with Crippen molar-refractivity contribution < 1.29 is 9.84 Å². The molecule has 0 bridgehead atoms. The molecule has 5 heteroatoms. The van der Waals surface area contributed by atoms with Crippen molar-refractivity contribution in [2.75, 3.05) is 19.1 Å². The number of thiazole rings is 1. The first-order valence-corrected chi connectivity index (χ1v) is 7.80. The van der Waals surface area contributed by atoms with Crippen LogP contribution in [0.2, 0.25) is 0 Å². The number of hydrogen-bond donors (Lipinski definition) is 1. The lowest BCUT2D eigenvalue weighted by Gasteiger charge is -2.25. The molecule has 0 aliphatic carbocycles. The van der Waals surface area contributed by atoms with E-state index in [1.807, 2.05) is 32.2 Å². The Kier molecular flexibility index (Phi) is 5.20. The molecular formula is C16H22N2O2S. The van der Waals surface area contributed by atoms with E-state index >= 15 is 0 Å². The van der Waals surface area contributed by atoms with Crippen LogP contribution in [0.1, 0.15) is 23.1 Å². The molecule has 0 aliphatic heterocycles. The molecule has 4 nitrogen and oxygen atoms in total. The van der Waals surface area contributed by atoms with E-state index in [0.29, 0.717) is 6.04 Å². The van der Waals surface area contributed by atoms with Crippen molar-refractivity contribution in [3.63, 3.8) is 0 Å². The lowest BCUT2D eigenvalue weighted by molar-refractivity contribution is 0.284. The molecule has 0 saturated heterocycles. The SMILES string of the molecule is COc1ccccc1CC(C)N(C)c1nc(C)c(CO)s1. The molecule has 0 fully saturated rings. The number of rotatable bonds is 6. The number of aryl methyl sites for hydroxylation is 1. The molecule has 2 rings (SSSR count). The number of anilines is 1. The second-order valence-electron chi connectivity index (χ2n) is 5.14. The number of hydrogen-bond acceptors (Lipinski definition) is 5. The summed E-state index contributed by atoms with van der Waals surface area (Å²) in [6, 6.07) is 8.38. The third-order valence-corrected chi connectivity index (χ3v) is 4.93. The number of aliphatic hydroxyl groups is 1. The van der Waals surface area contributed by atoms with E-state index in [4.69, 9.17) is 4.74 Å². The first-order valence-electron chi connectivity index (χ1n) is 6.98. The van der Waals surface area contributed by atoms with Gasteiger partial charge in [-0.05, 0) is 31.9 Å². The van der Waals surface area contributed by atoms with Gasteiger partial charge in [0.25, 0.3) is 0 Å². The Morgan fingerprint density at radius 3 is 2.71 bits per heavy atom. The maximum atomic E-state index is 9.29. The molecule has 1 aromatic heterocycles. The lowest BCUT2D eigenvalue weighted by Crippen LogP contribution is -2.30. The first kappa shape index (κ1) is 15.8. The molecule has 0 aliphatic rings. The van der Waals surface area contributed by atoms with Crippen LogP contribution in [0.25, 0.3) is 0 Å². The monoisotopic (exact) mass is 306 g/mol. The summed E-state index contributed by atoms with van der Waals surface area (Å²) in [5.41, 5.74) is 2.10. The summed E-state index contributed by atoms with van der Waals surface area (Å²) in [6.07, 6.45) is 0.883. The number of likely N-dealkylation sites (N-methyl/N-ethyl adjacent to an activating group) is 1. The Hall–Kier alpha value is -1.59. The number of para-hydroxylation sites is 1. The summed E-state index contributed by atoms with van der Waals surface area (Å²) in [7, 11) is 3.74. The molecule has 1 N–H and O–H groups in total. The van der Waals surface area contributed by atoms with Crippen LogP contribution in [0.4, 0.5) is 5.13 Å². The molecule has 21 heavy (non-hydrogen) atoms. The van der Waals surface area contributed by atoms with Gasteiger partial charge in [-0.1, -0.05) is 29.5 Å². The highest BCUT2D eigenvalue weighted by Crippen LogP contribution is 2.28. The lowest BCUT2D eigenvalue weighted by atomic mass is 10.1. The van der Waals surface area contributed by atoms with E-state index in [1.165, 1.54) is 5.56 Å². The van der Waals surface area contributed by atoms with Gasteiger partial charge in [0, 0.05) is 13.1 Å². The highest BCUT2D eigenvalue weighted by atomic mass is 32.1. The van der Waals surface area contributed by atoms with Crippen molar-refractivity contribution >= 4 is 16.5 Å². The number of benzene rings is 1. The average molecular weight is 306 g/mol. The molecule has 0 saturated carbocycles. The quantitative estimate of drug-likeness (QED) is 0.891. The number of aromatic nitrogens is 1. The zero-order valence-corrected chi connectivity index (χ0v) is 13.8. The molecule has 114 valence electrons. The van der Waals surface area contributed by atoms with Gasteiger partial charge in [-0.2, -0.15) is 0 Å². The van der Waals surface area contributed by atoms with Crippen molar-refractivity contribution in [3.8, 4) is 5.75 Å². The van der Waals surface area contributed by atoms with E-state index in [-0.39, 0.29) is 6.61 Å². The molecule has 0 spiro atoms. The standard InChI is InChI=1S/C16H22N2O2S/c1-11(9-13-7-5-6-8-14(13)20-4)18(3)16-17-12(2)15(10-19)21-16/h5-8,11,19H,9-10H2,1-4H3. The summed E-state index contributed by atoms with van der Waals surface area (Å²) in [5, 5.41) is 10.2. The molecule has 0 amide bonds. The Morgan fingerprint density at radius 1 is 1.38 bits per heavy atom. The molecule has 1 aromatic carbocycles. The maximum absolute atomic E-state index is 9.29. The maximum Gasteiger partial charge on any atom is 0.185 e. The number of methoxy groups -OCH3 is 1. The van der Waals surface area contributed by atoms with Gasteiger partial charge in [-0.3, -0.25) is 0 Å². The topological polar surface area (TPSA) is 45.6 Å². The predicted molar refractivity (Wildman–Crippen MR) is 87.3 cm³/mol. The summed E-state index contributed by atoms with van der Waals surface area (Å²) in [5.74, 6) is 0.920. The van der Waals surface area contributed by atoms with Gasteiger partial charge in [0.2, 0.25) is 0 Å². The Bertz CT molecular complexity index is 598.